The number of hydrogen-bond donors (Lipinski definition) is 0. The number of nitrogens with zero attached hydrogens (tertiary/aromatic N) is 2. The van der Waals surface area contributed by atoms with E-state index >= 15 is 0 Å². The molecule has 0 unspecified atom stereocenters. The summed E-state index contributed by atoms with van der Waals surface area (Å²) in [4.78, 5) is 32.0. The lowest BCUT2D eigenvalue weighted by atomic mass is 9.90. The number of rotatable bonds is 6. The first kappa shape index (κ1) is 23.4. The van der Waals surface area contributed by atoms with Gasteiger partial charge in [-0.2, -0.15) is 0 Å². The Kier molecular flexibility index (Phi) is 6.75. The topological polar surface area (TPSA) is 53.8 Å². The van der Waals surface area contributed by atoms with Crippen LogP contribution in [0.4, 0.5) is 0 Å². The van der Waals surface area contributed by atoms with E-state index in [1.165, 1.54) is 10.4 Å². The first-order chi connectivity index (χ1) is 17.0. The first-order valence-electron chi connectivity index (χ1n) is 11.5. The van der Waals surface area contributed by atoms with Gasteiger partial charge in [0.05, 0.1) is 18.8 Å². The number of benzene rings is 2. The van der Waals surface area contributed by atoms with Gasteiger partial charge in [-0.25, -0.2) is 0 Å². The number of fused-ring (bicyclic) bond motifs is 1. The number of halogens is 1. The highest BCUT2D eigenvalue weighted by molar-refractivity contribution is 7.10. The lowest BCUT2D eigenvalue weighted by Gasteiger charge is -2.38. The highest BCUT2D eigenvalue weighted by Crippen LogP contribution is 2.39. The van der Waals surface area contributed by atoms with Crippen molar-refractivity contribution in [3.63, 3.8) is 0 Å². The fraction of sp³-hybridized carbons (Fsp3) is 0.214. The van der Waals surface area contributed by atoms with Gasteiger partial charge in [-0.1, -0.05) is 35.9 Å². The molecule has 5 rings (SSSR count). The molecule has 1 atom stereocenters. The number of furan rings is 1. The van der Waals surface area contributed by atoms with E-state index in [-0.39, 0.29) is 30.9 Å². The first-order valence-corrected chi connectivity index (χ1v) is 12.8. The highest BCUT2D eigenvalue weighted by atomic mass is 35.5. The summed E-state index contributed by atoms with van der Waals surface area (Å²) in [5, 5.41) is 2.65. The maximum Gasteiger partial charge on any atom is 0.254 e. The second kappa shape index (κ2) is 10.1. The Morgan fingerprint density at radius 3 is 2.60 bits per heavy atom. The molecule has 1 aliphatic heterocycles. The zero-order chi connectivity index (χ0) is 24.4. The fourth-order valence-corrected chi connectivity index (χ4v) is 5.66. The number of hydrogen-bond acceptors (Lipinski definition) is 4. The molecule has 178 valence electrons. The maximum atomic E-state index is 13.8. The maximum absolute atomic E-state index is 13.8. The van der Waals surface area contributed by atoms with Crippen LogP contribution < -0.4 is 0 Å². The molecule has 35 heavy (non-hydrogen) atoms. The molecule has 1 aliphatic rings. The third-order valence-corrected chi connectivity index (χ3v) is 7.65. The minimum Gasteiger partial charge on any atom is -0.467 e. The molecule has 2 aromatic heterocycles. The number of amides is 2. The van der Waals surface area contributed by atoms with Crippen LogP contribution in [0, 0.1) is 6.92 Å². The van der Waals surface area contributed by atoms with Gasteiger partial charge in [-0.15, -0.1) is 11.3 Å². The summed E-state index contributed by atoms with van der Waals surface area (Å²) in [5.74, 6) is 0.283. The lowest BCUT2D eigenvalue weighted by Crippen LogP contribution is -2.46. The molecule has 0 aliphatic carbocycles. The number of aryl methyl sites for hydroxylation is 1. The molecule has 3 heterocycles. The quantitative estimate of drug-likeness (QED) is 0.318. The van der Waals surface area contributed by atoms with Crippen LogP contribution in [0.3, 0.4) is 0 Å². The van der Waals surface area contributed by atoms with Crippen molar-refractivity contribution in [2.75, 3.05) is 13.1 Å². The molecular formula is C28H25ClN2O3S. The van der Waals surface area contributed by atoms with Crippen LogP contribution in [-0.2, 0) is 17.8 Å². The van der Waals surface area contributed by atoms with E-state index in [4.69, 9.17) is 16.0 Å². The number of thiophene rings is 1. The van der Waals surface area contributed by atoms with Crippen LogP contribution in [0.2, 0.25) is 5.02 Å². The van der Waals surface area contributed by atoms with E-state index in [9.17, 15) is 9.59 Å². The van der Waals surface area contributed by atoms with Gasteiger partial charge in [-0.05, 0) is 77.9 Å². The minimum atomic E-state index is -0.243. The predicted octanol–water partition coefficient (Wildman–Crippen LogP) is 6.12. The third kappa shape index (κ3) is 4.90. The Balaban J connectivity index is 1.46. The summed E-state index contributed by atoms with van der Waals surface area (Å²) >= 11 is 7.75. The van der Waals surface area contributed by atoms with Crippen molar-refractivity contribution >= 4 is 34.8 Å². The van der Waals surface area contributed by atoms with Crippen molar-refractivity contribution in [2.24, 2.45) is 0 Å². The smallest absolute Gasteiger partial charge is 0.254 e. The summed E-state index contributed by atoms with van der Waals surface area (Å²) in [7, 11) is 0. The van der Waals surface area contributed by atoms with E-state index in [1.54, 1.807) is 58.9 Å². The molecule has 0 spiro atoms. The SMILES string of the molecule is Cc1ccccc1[C@H]1c2ccsc2CCN1C(=O)CN(Cc1ccco1)C(=O)c1ccc(Cl)cc1. The molecule has 2 aromatic carbocycles. The van der Waals surface area contributed by atoms with Gasteiger partial charge in [0.2, 0.25) is 5.91 Å². The molecule has 0 bridgehead atoms. The molecule has 0 saturated heterocycles. The van der Waals surface area contributed by atoms with Gasteiger partial charge in [-0.3, -0.25) is 9.59 Å². The van der Waals surface area contributed by atoms with Crippen molar-refractivity contribution < 1.29 is 14.0 Å². The fourth-order valence-electron chi connectivity index (χ4n) is 4.63. The summed E-state index contributed by atoms with van der Waals surface area (Å²) < 4.78 is 5.50. The second-order valence-electron chi connectivity index (χ2n) is 8.64. The van der Waals surface area contributed by atoms with Crippen LogP contribution in [0.15, 0.2) is 82.8 Å². The van der Waals surface area contributed by atoms with Crippen LogP contribution >= 0.6 is 22.9 Å². The van der Waals surface area contributed by atoms with Crippen molar-refractivity contribution in [1.29, 1.82) is 0 Å². The van der Waals surface area contributed by atoms with Gasteiger partial charge < -0.3 is 14.2 Å². The van der Waals surface area contributed by atoms with Gasteiger partial charge in [0.15, 0.2) is 0 Å². The van der Waals surface area contributed by atoms with E-state index in [2.05, 4.69) is 30.5 Å². The Hall–Kier alpha value is -3.35. The summed E-state index contributed by atoms with van der Waals surface area (Å²) in [6, 6.07) is 20.4. The van der Waals surface area contributed by atoms with Crippen molar-refractivity contribution in [3.8, 4) is 0 Å². The number of carbonyl (C=O) groups is 2. The van der Waals surface area contributed by atoms with Gasteiger partial charge in [0.1, 0.15) is 12.3 Å². The van der Waals surface area contributed by atoms with Crippen molar-refractivity contribution in [3.05, 3.63) is 116 Å². The zero-order valence-electron chi connectivity index (χ0n) is 19.3. The van der Waals surface area contributed by atoms with Gasteiger partial charge in [0.25, 0.3) is 5.91 Å². The van der Waals surface area contributed by atoms with Crippen LogP contribution in [0.25, 0.3) is 0 Å². The zero-order valence-corrected chi connectivity index (χ0v) is 20.9. The molecule has 0 radical (unpaired) electrons. The summed E-state index contributed by atoms with van der Waals surface area (Å²) in [5.41, 5.74) is 3.90. The van der Waals surface area contributed by atoms with Crippen molar-refractivity contribution in [2.45, 2.75) is 25.9 Å². The Morgan fingerprint density at radius 1 is 1.06 bits per heavy atom. The lowest BCUT2D eigenvalue weighted by molar-refractivity contribution is -0.134. The van der Waals surface area contributed by atoms with Crippen LogP contribution in [0.1, 0.15) is 43.7 Å². The highest BCUT2D eigenvalue weighted by Gasteiger charge is 2.34. The Bertz CT molecular complexity index is 1330. The third-order valence-electron chi connectivity index (χ3n) is 6.40. The molecular weight excluding hydrogens is 480 g/mol. The molecule has 7 heteroatoms. The predicted molar refractivity (Wildman–Crippen MR) is 138 cm³/mol. The van der Waals surface area contributed by atoms with E-state index in [0.717, 1.165) is 17.5 Å². The molecule has 0 fully saturated rings. The summed E-state index contributed by atoms with van der Waals surface area (Å²) in [6.07, 6.45) is 2.38. The normalized spacial score (nSPS) is 15.0. The van der Waals surface area contributed by atoms with Gasteiger partial charge in [0, 0.05) is 22.0 Å². The second-order valence-corrected chi connectivity index (χ2v) is 10.1. The summed E-state index contributed by atoms with van der Waals surface area (Å²) in [6.45, 7) is 2.83. The largest absolute Gasteiger partial charge is 0.467 e. The van der Waals surface area contributed by atoms with Crippen LogP contribution in [0.5, 0.6) is 0 Å². The molecule has 0 N–H and O–H groups in total. The van der Waals surface area contributed by atoms with E-state index in [1.807, 2.05) is 17.0 Å². The molecule has 2 amide bonds. The van der Waals surface area contributed by atoms with Crippen LogP contribution in [-0.4, -0.2) is 34.7 Å². The molecule has 5 nitrogen and oxygen atoms in total. The van der Waals surface area contributed by atoms with E-state index in [0.29, 0.717) is 22.9 Å². The van der Waals surface area contributed by atoms with Crippen molar-refractivity contribution in [1.82, 2.24) is 9.80 Å². The average molecular weight is 505 g/mol. The minimum absolute atomic E-state index is 0.0516. The standard InChI is InChI=1S/C28H25ClN2O3S/c1-19-5-2-3-7-23(19)27-24-13-16-35-25(24)12-14-31(27)26(32)18-30(17-22-6-4-15-34-22)28(33)20-8-10-21(29)11-9-20/h2-11,13,15-16,27H,12,14,17-18H2,1H3/t27-/m0/s1. The van der Waals surface area contributed by atoms with E-state index < -0.39 is 0 Å². The molecule has 4 aromatic rings. The average Bonchev–Trinajstić information content (AvgIpc) is 3.55. The number of carbonyl (C=O) groups excluding carboxylic acids is 2. The Labute approximate surface area is 213 Å². The molecule has 0 saturated carbocycles. The van der Waals surface area contributed by atoms with Gasteiger partial charge >= 0.3 is 0 Å². The Morgan fingerprint density at radius 2 is 1.86 bits per heavy atom. The monoisotopic (exact) mass is 504 g/mol.